The van der Waals surface area contributed by atoms with Crippen molar-refractivity contribution in [2.24, 2.45) is 5.92 Å². The molecule has 0 unspecified atom stereocenters. The number of carbonyl (C=O) groups is 1. The van der Waals surface area contributed by atoms with Crippen LogP contribution >= 0.6 is 11.3 Å². The van der Waals surface area contributed by atoms with Crippen LogP contribution in [0.4, 0.5) is 0 Å². The third-order valence-corrected chi connectivity index (χ3v) is 4.55. The van der Waals surface area contributed by atoms with E-state index >= 15 is 0 Å². The summed E-state index contributed by atoms with van der Waals surface area (Å²) >= 11 is 1.72. The summed E-state index contributed by atoms with van der Waals surface area (Å²) in [6.45, 7) is 9.21. The van der Waals surface area contributed by atoms with Crippen LogP contribution in [0.3, 0.4) is 0 Å². The first-order chi connectivity index (χ1) is 9.40. The molecule has 20 heavy (non-hydrogen) atoms. The average Bonchev–Trinajstić information content (AvgIpc) is 2.86. The molecule has 1 aliphatic heterocycles. The number of hydrogen-bond acceptors (Lipinski definition) is 5. The van der Waals surface area contributed by atoms with E-state index in [1.807, 2.05) is 0 Å². The topological polar surface area (TPSA) is 42.4 Å². The van der Waals surface area contributed by atoms with Gasteiger partial charge in [-0.1, -0.05) is 20.8 Å². The van der Waals surface area contributed by atoms with E-state index in [-0.39, 0.29) is 17.3 Å². The average molecular weight is 296 g/mol. The number of rotatable bonds is 3. The third-order valence-electron chi connectivity index (χ3n) is 3.72. The highest BCUT2D eigenvalue weighted by Crippen LogP contribution is 2.26. The summed E-state index contributed by atoms with van der Waals surface area (Å²) in [5, 5.41) is 3.29. The molecule has 1 aliphatic rings. The van der Waals surface area contributed by atoms with Gasteiger partial charge in [-0.3, -0.25) is 9.69 Å². The number of ether oxygens (including phenoxy) is 1. The van der Waals surface area contributed by atoms with Crippen LogP contribution in [0.2, 0.25) is 0 Å². The molecule has 0 spiro atoms. The van der Waals surface area contributed by atoms with E-state index in [4.69, 9.17) is 9.72 Å². The summed E-state index contributed by atoms with van der Waals surface area (Å²) < 4.78 is 4.86. The molecule has 0 saturated carbocycles. The van der Waals surface area contributed by atoms with E-state index in [1.54, 1.807) is 11.3 Å². The van der Waals surface area contributed by atoms with Gasteiger partial charge in [-0.05, 0) is 19.4 Å². The minimum atomic E-state index is -0.0794. The number of methoxy groups -OCH3 is 1. The molecule has 1 aromatic heterocycles. The summed E-state index contributed by atoms with van der Waals surface area (Å²) in [5.74, 6) is -0.0555. The Kier molecular flexibility index (Phi) is 4.81. The Morgan fingerprint density at radius 3 is 2.90 bits per heavy atom. The Balaban J connectivity index is 1.96. The van der Waals surface area contributed by atoms with Gasteiger partial charge in [0, 0.05) is 17.3 Å². The second kappa shape index (κ2) is 6.22. The lowest BCUT2D eigenvalue weighted by Gasteiger charge is -2.30. The van der Waals surface area contributed by atoms with Crippen LogP contribution in [0.5, 0.6) is 0 Å². The Morgan fingerprint density at radius 2 is 2.30 bits per heavy atom. The second-order valence-electron chi connectivity index (χ2n) is 6.47. The summed E-state index contributed by atoms with van der Waals surface area (Å²) in [4.78, 5) is 18.7. The Morgan fingerprint density at radius 1 is 1.55 bits per heavy atom. The molecule has 1 saturated heterocycles. The first kappa shape index (κ1) is 15.4. The van der Waals surface area contributed by atoms with Crippen LogP contribution in [0, 0.1) is 5.92 Å². The van der Waals surface area contributed by atoms with E-state index in [2.05, 4.69) is 31.1 Å². The maximum atomic E-state index is 11.6. The Hall–Kier alpha value is -0.940. The highest BCUT2D eigenvalue weighted by atomic mass is 32.1. The lowest BCUT2D eigenvalue weighted by Crippen LogP contribution is -2.38. The van der Waals surface area contributed by atoms with E-state index in [1.165, 1.54) is 7.11 Å². The van der Waals surface area contributed by atoms with Crippen molar-refractivity contribution in [3.63, 3.8) is 0 Å². The molecule has 5 heteroatoms. The van der Waals surface area contributed by atoms with Crippen LogP contribution in [-0.2, 0) is 21.5 Å². The first-order valence-corrected chi connectivity index (χ1v) is 8.03. The molecule has 2 heterocycles. The van der Waals surface area contributed by atoms with Crippen molar-refractivity contribution in [1.29, 1.82) is 0 Å². The lowest BCUT2D eigenvalue weighted by atomic mass is 9.93. The summed E-state index contributed by atoms with van der Waals surface area (Å²) in [5.41, 5.74) is 1.25. The maximum absolute atomic E-state index is 11.6. The lowest BCUT2D eigenvalue weighted by molar-refractivity contribution is -0.147. The van der Waals surface area contributed by atoms with E-state index < -0.39 is 0 Å². The van der Waals surface area contributed by atoms with Crippen molar-refractivity contribution in [3.05, 3.63) is 16.1 Å². The van der Waals surface area contributed by atoms with Gasteiger partial charge in [-0.15, -0.1) is 11.3 Å². The fourth-order valence-electron chi connectivity index (χ4n) is 2.48. The number of carbonyl (C=O) groups excluding carboxylic acids is 1. The second-order valence-corrected chi connectivity index (χ2v) is 7.42. The molecule has 0 aliphatic carbocycles. The van der Waals surface area contributed by atoms with Crippen molar-refractivity contribution in [2.45, 2.75) is 45.6 Å². The van der Waals surface area contributed by atoms with Gasteiger partial charge in [0.05, 0.1) is 25.3 Å². The highest BCUT2D eigenvalue weighted by Gasteiger charge is 2.27. The quantitative estimate of drug-likeness (QED) is 0.804. The van der Waals surface area contributed by atoms with Crippen molar-refractivity contribution in [2.75, 3.05) is 20.2 Å². The number of likely N-dealkylation sites (tertiary alicyclic amines) is 1. The van der Waals surface area contributed by atoms with Gasteiger partial charge in [-0.25, -0.2) is 4.98 Å². The van der Waals surface area contributed by atoms with Gasteiger partial charge in [0.2, 0.25) is 0 Å². The van der Waals surface area contributed by atoms with Crippen molar-refractivity contribution < 1.29 is 9.53 Å². The van der Waals surface area contributed by atoms with E-state index in [0.717, 1.165) is 43.2 Å². The van der Waals surface area contributed by atoms with Gasteiger partial charge >= 0.3 is 5.97 Å². The highest BCUT2D eigenvalue weighted by molar-refractivity contribution is 7.09. The summed E-state index contributed by atoms with van der Waals surface area (Å²) in [6, 6.07) is 0. The fourth-order valence-corrected chi connectivity index (χ4v) is 3.54. The molecule has 0 N–H and O–H groups in total. The van der Waals surface area contributed by atoms with Gasteiger partial charge < -0.3 is 4.74 Å². The molecule has 2 rings (SSSR count). The summed E-state index contributed by atoms with van der Waals surface area (Å²) in [7, 11) is 1.47. The van der Waals surface area contributed by atoms with Crippen LogP contribution in [0.15, 0.2) is 5.38 Å². The standard InChI is InChI=1S/C15H24N2O2S/c1-15(2,3)12-10-20-13(16-12)9-17-7-5-6-11(8-17)14(18)19-4/h10-11H,5-9H2,1-4H3/t11-/m0/s1. The smallest absolute Gasteiger partial charge is 0.309 e. The van der Waals surface area contributed by atoms with Gasteiger partial charge in [0.1, 0.15) is 5.01 Å². The van der Waals surface area contributed by atoms with Crippen molar-refractivity contribution in [1.82, 2.24) is 9.88 Å². The molecule has 0 amide bonds. The minimum Gasteiger partial charge on any atom is -0.469 e. The summed E-state index contributed by atoms with van der Waals surface area (Å²) in [6.07, 6.45) is 1.99. The number of thiazole rings is 1. The Bertz CT molecular complexity index is 465. The monoisotopic (exact) mass is 296 g/mol. The normalized spacial score (nSPS) is 20.9. The number of nitrogens with zero attached hydrogens (tertiary/aromatic N) is 2. The minimum absolute atomic E-state index is 0.0239. The molecule has 0 radical (unpaired) electrons. The molecular formula is C15H24N2O2S. The predicted molar refractivity (Wildman–Crippen MR) is 80.8 cm³/mol. The molecule has 0 aromatic carbocycles. The maximum Gasteiger partial charge on any atom is 0.309 e. The largest absolute Gasteiger partial charge is 0.469 e. The fraction of sp³-hybridized carbons (Fsp3) is 0.733. The molecule has 112 valence electrons. The predicted octanol–water partition coefficient (Wildman–Crippen LogP) is 2.83. The first-order valence-electron chi connectivity index (χ1n) is 7.15. The van der Waals surface area contributed by atoms with Gasteiger partial charge in [0.25, 0.3) is 0 Å². The zero-order chi connectivity index (χ0) is 14.8. The number of esters is 1. The third kappa shape index (κ3) is 3.79. The van der Waals surface area contributed by atoms with Gasteiger partial charge in [0.15, 0.2) is 0 Å². The zero-order valence-electron chi connectivity index (χ0n) is 12.8. The number of hydrogen-bond donors (Lipinski definition) is 0. The van der Waals surface area contributed by atoms with Crippen LogP contribution in [-0.4, -0.2) is 36.1 Å². The van der Waals surface area contributed by atoms with Crippen molar-refractivity contribution >= 4 is 17.3 Å². The van der Waals surface area contributed by atoms with Crippen molar-refractivity contribution in [3.8, 4) is 0 Å². The van der Waals surface area contributed by atoms with E-state index in [9.17, 15) is 4.79 Å². The molecular weight excluding hydrogens is 272 g/mol. The molecule has 0 bridgehead atoms. The van der Waals surface area contributed by atoms with Crippen LogP contribution < -0.4 is 0 Å². The van der Waals surface area contributed by atoms with Gasteiger partial charge in [-0.2, -0.15) is 0 Å². The number of piperidine rings is 1. The van der Waals surface area contributed by atoms with Crippen LogP contribution in [0.1, 0.15) is 44.3 Å². The van der Waals surface area contributed by atoms with Crippen LogP contribution in [0.25, 0.3) is 0 Å². The molecule has 4 nitrogen and oxygen atoms in total. The number of aromatic nitrogens is 1. The zero-order valence-corrected chi connectivity index (χ0v) is 13.6. The molecule has 1 atom stereocenters. The Labute approximate surface area is 125 Å². The molecule has 1 fully saturated rings. The van der Waals surface area contributed by atoms with E-state index in [0.29, 0.717) is 0 Å². The molecule has 1 aromatic rings. The SMILES string of the molecule is COC(=O)[C@H]1CCCN(Cc2nc(C(C)(C)C)cs2)C1.